The van der Waals surface area contributed by atoms with E-state index in [0.29, 0.717) is 6.42 Å². The van der Waals surface area contributed by atoms with Crippen LogP contribution >= 0.6 is 0 Å². The van der Waals surface area contributed by atoms with Crippen LogP contribution in [0, 0.1) is 0 Å². The summed E-state index contributed by atoms with van der Waals surface area (Å²) in [5.74, 6) is -0.0971. The average molecular weight is 306 g/mol. The first-order chi connectivity index (χ1) is 10.8. The summed E-state index contributed by atoms with van der Waals surface area (Å²) in [6.07, 6.45) is 25.6. The van der Waals surface area contributed by atoms with Crippen molar-refractivity contribution >= 4 is 5.97 Å². The van der Waals surface area contributed by atoms with Crippen molar-refractivity contribution < 1.29 is 9.53 Å². The summed E-state index contributed by atoms with van der Waals surface area (Å²) < 4.78 is 4.61. The number of unbranched alkanes of at least 4 members (excludes halogenated alkanes) is 6. The van der Waals surface area contributed by atoms with E-state index in [1.165, 1.54) is 32.8 Å². The first-order valence-electron chi connectivity index (χ1n) is 8.83. The fourth-order valence-electron chi connectivity index (χ4n) is 2.10. The van der Waals surface area contributed by atoms with Gasteiger partial charge in [0, 0.05) is 6.42 Å². The number of carbonyl (C=O) groups excluding carboxylic acids is 1. The zero-order chi connectivity index (χ0) is 16.3. The molecule has 0 aromatic rings. The minimum absolute atomic E-state index is 0.0971. The van der Waals surface area contributed by atoms with E-state index in [1.54, 1.807) is 0 Å². The molecule has 0 bridgehead atoms. The topological polar surface area (TPSA) is 26.3 Å². The van der Waals surface area contributed by atoms with Gasteiger partial charge in [0.2, 0.25) is 0 Å². The van der Waals surface area contributed by atoms with Crippen LogP contribution in [0.15, 0.2) is 36.5 Å². The lowest BCUT2D eigenvalue weighted by Gasteiger charge is -1.98. The molecule has 0 fully saturated rings. The third-order valence-electron chi connectivity index (χ3n) is 3.50. The second-order valence-electron chi connectivity index (χ2n) is 5.56. The van der Waals surface area contributed by atoms with Gasteiger partial charge in [-0.2, -0.15) is 0 Å². The number of ether oxygens (including phenoxy) is 1. The summed E-state index contributed by atoms with van der Waals surface area (Å²) >= 11 is 0. The molecule has 0 amide bonds. The van der Waals surface area contributed by atoms with Gasteiger partial charge in [0.1, 0.15) is 0 Å². The molecule has 0 rings (SSSR count). The van der Waals surface area contributed by atoms with E-state index in [1.807, 2.05) is 0 Å². The molecule has 0 aromatic carbocycles. The van der Waals surface area contributed by atoms with Gasteiger partial charge in [-0.3, -0.25) is 4.79 Å². The number of rotatable bonds is 14. The lowest BCUT2D eigenvalue weighted by atomic mass is 10.1. The fraction of sp³-hybridized carbons (Fsp3) is 0.650. The zero-order valence-electron chi connectivity index (χ0n) is 14.6. The number of methoxy groups -OCH3 is 1. The highest BCUT2D eigenvalue weighted by Gasteiger charge is 1.97. The largest absolute Gasteiger partial charge is 0.469 e. The minimum Gasteiger partial charge on any atom is -0.469 e. The van der Waals surface area contributed by atoms with Crippen LogP contribution in [0.4, 0.5) is 0 Å². The molecule has 0 saturated heterocycles. The summed E-state index contributed by atoms with van der Waals surface area (Å²) in [6.45, 7) is 2.24. The van der Waals surface area contributed by atoms with Gasteiger partial charge in [-0.25, -0.2) is 0 Å². The second kappa shape index (κ2) is 17.7. The molecule has 0 N–H and O–H groups in total. The smallest absolute Gasteiger partial charge is 0.305 e. The van der Waals surface area contributed by atoms with Gasteiger partial charge in [-0.1, -0.05) is 62.6 Å². The molecule has 0 aliphatic rings. The molecule has 0 saturated carbocycles. The fourth-order valence-corrected chi connectivity index (χ4v) is 2.10. The number of carbonyl (C=O) groups is 1. The van der Waals surface area contributed by atoms with Crippen LogP contribution in [0.5, 0.6) is 0 Å². The standard InChI is InChI=1S/C20H34O2/c1-3-4-5-6-7-8-9-10-11-12-13-14-15-16-17-18-19-20(21)22-2/h7-8,10-11,13-14H,3-6,9,12,15-19H2,1-2H3. The summed E-state index contributed by atoms with van der Waals surface area (Å²) in [4.78, 5) is 10.9. The van der Waals surface area contributed by atoms with Crippen LogP contribution in [0.2, 0.25) is 0 Å². The molecule has 2 nitrogen and oxygen atoms in total. The predicted octanol–water partition coefficient (Wildman–Crippen LogP) is 6.14. The van der Waals surface area contributed by atoms with E-state index in [9.17, 15) is 4.79 Å². The second-order valence-corrected chi connectivity index (χ2v) is 5.56. The molecule has 0 atom stereocenters. The van der Waals surface area contributed by atoms with Crippen LogP contribution in [0.1, 0.15) is 77.6 Å². The molecular weight excluding hydrogens is 272 g/mol. The van der Waals surface area contributed by atoms with E-state index >= 15 is 0 Å². The zero-order valence-corrected chi connectivity index (χ0v) is 14.6. The van der Waals surface area contributed by atoms with Crippen molar-refractivity contribution in [1.29, 1.82) is 0 Å². The highest BCUT2D eigenvalue weighted by Crippen LogP contribution is 2.05. The summed E-state index contributed by atoms with van der Waals surface area (Å²) in [7, 11) is 1.45. The monoisotopic (exact) mass is 306 g/mol. The summed E-state index contributed by atoms with van der Waals surface area (Å²) in [5, 5.41) is 0. The average Bonchev–Trinajstić information content (AvgIpc) is 2.54. The molecule has 0 radical (unpaired) electrons. The van der Waals surface area contributed by atoms with Gasteiger partial charge >= 0.3 is 5.97 Å². The molecule has 0 unspecified atom stereocenters. The van der Waals surface area contributed by atoms with E-state index < -0.39 is 0 Å². The number of allylic oxidation sites excluding steroid dienone is 6. The number of hydrogen-bond acceptors (Lipinski definition) is 2. The van der Waals surface area contributed by atoms with E-state index in [-0.39, 0.29) is 5.97 Å². The number of esters is 1. The van der Waals surface area contributed by atoms with Gasteiger partial charge in [-0.05, 0) is 44.9 Å². The van der Waals surface area contributed by atoms with Crippen LogP contribution in [-0.2, 0) is 9.53 Å². The Morgan fingerprint density at radius 1 is 0.773 bits per heavy atom. The van der Waals surface area contributed by atoms with Crippen LogP contribution < -0.4 is 0 Å². The molecule has 0 aliphatic heterocycles. The van der Waals surface area contributed by atoms with Crippen molar-refractivity contribution in [3.05, 3.63) is 36.5 Å². The highest BCUT2D eigenvalue weighted by molar-refractivity contribution is 5.68. The van der Waals surface area contributed by atoms with Gasteiger partial charge in [-0.15, -0.1) is 0 Å². The molecule has 2 heteroatoms. The van der Waals surface area contributed by atoms with Crippen molar-refractivity contribution in [3.8, 4) is 0 Å². The lowest BCUT2D eigenvalue weighted by Crippen LogP contribution is -1.98. The first kappa shape index (κ1) is 20.7. The quantitative estimate of drug-likeness (QED) is 0.219. The Bertz CT molecular complexity index is 327. The Hall–Kier alpha value is -1.31. The Kier molecular flexibility index (Phi) is 16.7. The predicted molar refractivity (Wildman–Crippen MR) is 95.9 cm³/mol. The van der Waals surface area contributed by atoms with E-state index in [2.05, 4.69) is 48.1 Å². The van der Waals surface area contributed by atoms with Crippen molar-refractivity contribution in [2.45, 2.75) is 77.6 Å². The molecule has 22 heavy (non-hydrogen) atoms. The Morgan fingerprint density at radius 2 is 1.32 bits per heavy atom. The summed E-state index contributed by atoms with van der Waals surface area (Å²) in [5.41, 5.74) is 0. The molecule has 126 valence electrons. The van der Waals surface area contributed by atoms with Crippen LogP contribution in [0.25, 0.3) is 0 Å². The molecule has 0 aliphatic carbocycles. The van der Waals surface area contributed by atoms with Crippen molar-refractivity contribution in [2.24, 2.45) is 0 Å². The Morgan fingerprint density at radius 3 is 1.86 bits per heavy atom. The molecule has 0 spiro atoms. The Labute approximate surface area is 137 Å². The van der Waals surface area contributed by atoms with Gasteiger partial charge in [0.15, 0.2) is 0 Å². The first-order valence-corrected chi connectivity index (χ1v) is 8.83. The number of hydrogen-bond donors (Lipinski definition) is 0. The van der Waals surface area contributed by atoms with Crippen molar-refractivity contribution in [3.63, 3.8) is 0 Å². The van der Waals surface area contributed by atoms with Crippen molar-refractivity contribution in [2.75, 3.05) is 7.11 Å². The Balaban J connectivity index is 3.32. The van der Waals surface area contributed by atoms with Crippen LogP contribution in [-0.4, -0.2) is 13.1 Å². The molecular formula is C20H34O2. The SMILES string of the molecule is CCCCCC=CCC=CCC=CCCCCCC(=O)OC. The van der Waals surface area contributed by atoms with E-state index in [4.69, 9.17) is 0 Å². The highest BCUT2D eigenvalue weighted by atomic mass is 16.5. The van der Waals surface area contributed by atoms with Gasteiger partial charge < -0.3 is 4.74 Å². The van der Waals surface area contributed by atoms with E-state index in [0.717, 1.165) is 38.5 Å². The normalized spacial score (nSPS) is 11.9. The molecule has 0 heterocycles. The maximum atomic E-state index is 10.9. The van der Waals surface area contributed by atoms with Crippen molar-refractivity contribution in [1.82, 2.24) is 0 Å². The maximum Gasteiger partial charge on any atom is 0.305 e. The minimum atomic E-state index is -0.0971. The molecule has 0 aromatic heterocycles. The third-order valence-corrected chi connectivity index (χ3v) is 3.50. The van der Waals surface area contributed by atoms with Gasteiger partial charge in [0.05, 0.1) is 7.11 Å². The third kappa shape index (κ3) is 16.7. The lowest BCUT2D eigenvalue weighted by molar-refractivity contribution is -0.140. The summed E-state index contributed by atoms with van der Waals surface area (Å²) in [6, 6.07) is 0. The van der Waals surface area contributed by atoms with Crippen LogP contribution in [0.3, 0.4) is 0 Å². The van der Waals surface area contributed by atoms with Gasteiger partial charge in [0.25, 0.3) is 0 Å². The maximum absolute atomic E-state index is 10.9.